The SMILES string of the molecule is C=CCCCCOc1ccc(C(=O)Oc2ccc(C(=O)O)cc2)cc1. The molecule has 0 bridgehead atoms. The minimum absolute atomic E-state index is 0.134. The van der Waals surface area contributed by atoms with E-state index in [0.29, 0.717) is 17.9 Å². The van der Waals surface area contributed by atoms with Gasteiger partial charge in [-0.25, -0.2) is 9.59 Å². The zero-order valence-corrected chi connectivity index (χ0v) is 13.8. The van der Waals surface area contributed by atoms with Crippen molar-refractivity contribution < 1.29 is 24.2 Å². The fourth-order valence-electron chi connectivity index (χ4n) is 2.10. The first-order valence-electron chi connectivity index (χ1n) is 7.99. The molecule has 0 saturated carbocycles. The zero-order chi connectivity index (χ0) is 18.1. The van der Waals surface area contributed by atoms with Crippen LogP contribution in [0.4, 0.5) is 0 Å². The molecular formula is C20H20O5. The first-order valence-corrected chi connectivity index (χ1v) is 7.99. The fraction of sp³-hybridized carbons (Fsp3) is 0.200. The van der Waals surface area contributed by atoms with Gasteiger partial charge in [0.2, 0.25) is 0 Å². The second-order valence-electron chi connectivity index (χ2n) is 5.38. The van der Waals surface area contributed by atoms with Gasteiger partial charge in [0.1, 0.15) is 11.5 Å². The van der Waals surface area contributed by atoms with E-state index in [1.54, 1.807) is 24.3 Å². The summed E-state index contributed by atoms with van der Waals surface area (Å²) in [5.74, 6) is -0.558. The second kappa shape index (κ2) is 9.27. The number of carboxylic acids is 1. The number of rotatable bonds is 9. The van der Waals surface area contributed by atoms with Gasteiger partial charge in [-0.15, -0.1) is 6.58 Å². The lowest BCUT2D eigenvalue weighted by Crippen LogP contribution is -2.08. The van der Waals surface area contributed by atoms with Crippen molar-refractivity contribution in [1.82, 2.24) is 0 Å². The van der Waals surface area contributed by atoms with Gasteiger partial charge in [0.25, 0.3) is 0 Å². The summed E-state index contributed by atoms with van der Waals surface area (Å²) >= 11 is 0. The van der Waals surface area contributed by atoms with Crippen LogP contribution >= 0.6 is 0 Å². The van der Waals surface area contributed by atoms with E-state index >= 15 is 0 Å². The molecule has 0 saturated heterocycles. The molecule has 5 nitrogen and oxygen atoms in total. The molecule has 130 valence electrons. The van der Waals surface area contributed by atoms with E-state index in [0.717, 1.165) is 19.3 Å². The van der Waals surface area contributed by atoms with Gasteiger partial charge in [-0.3, -0.25) is 0 Å². The third-order valence-corrected chi connectivity index (χ3v) is 3.47. The van der Waals surface area contributed by atoms with Gasteiger partial charge < -0.3 is 14.6 Å². The second-order valence-corrected chi connectivity index (χ2v) is 5.38. The van der Waals surface area contributed by atoms with Crippen LogP contribution in [0.2, 0.25) is 0 Å². The number of esters is 1. The normalized spacial score (nSPS) is 10.1. The first kappa shape index (κ1) is 18.3. The molecule has 2 aromatic rings. The number of allylic oxidation sites excluding steroid dienone is 1. The molecule has 0 aliphatic rings. The average molecular weight is 340 g/mol. The molecule has 2 aromatic carbocycles. The Bertz CT molecular complexity index is 717. The Hall–Kier alpha value is -3.08. The van der Waals surface area contributed by atoms with Crippen molar-refractivity contribution in [3.05, 3.63) is 72.3 Å². The van der Waals surface area contributed by atoms with Gasteiger partial charge in [-0.1, -0.05) is 6.08 Å². The fourth-order valence-corrected chi connectivity index (χ4v) is 2.10. The molecule has 0 unspecified atom stereocenters. The summed E-state index contributed by atoms with van der Waals surface area (Å²) in [7, 11) is 0. The van der Waals surface area contributed by atoms with Crippen LogP contribution < -0.4 is 9.47 Å². The molecule has 0 heterocycles. The number of unbranched alkanes of at least 4 members (excludes halogenated alkanes) is 2. The maximum Gasteiger partial charge on any atom is 0.343 e. The molecule has 0 spiro atoms. The molecule has 0 aliphatic heterocycles. The van der Waals surface area contributed by atoms with E-state index in [1.165, 1.54) is 24.3 Å². The molecule has 0 fully saturated rings. The van der Waals surface area contributed by atoms with Crippen LogP contribution in [0.1, 0.15) is 40.0 Å². The average Bonchev–Trinajstić information content (AvgIpc) is 2.62. The molecular weight excluding hydrogens is 320 g/mol. The third kappa shape index (κ3) is 5.80. The van der Waals surface area contributed by atoms with E-state index in [2.05, 4.69) is 6.58 Å². The summed E-state index contributed by atoms with van der Waals surface area (Å²) in [5, 5.41) is 8.84. The smallest absolute Gasteiger partial charge is 0.343 e. The quantitative estimate of drug-likeness (QED) is 0.318. The summed E-state index contributed by atoms with van der Waals surface area (Å²) in [6, 6.07) is 12.4. The lowest BCUT2D eigenvalue weighted by molar-refractivity contribution is 0.0696. The highest BCUT2D eigenvalue weighted by Crippen LogP contribution is 2.17. The summed E-state index contributed by atoms with van der Waals surface area (Å²) in [6.07, 6.45) is 4.84. The Morgan fingerprint density at radius 1 is 0.920 bits per heavy atom. The molecule has 0 amide bonds. The highest BCUT2D eigenvalue weighted by atomic mass is 16.5. The Kier molecular flexibility index (Phi) is 6.77. The standard InChI is InChI=1S/C20H20O5/c1-2-3-4-5-14-24-17-10-8-16(9-11-17)20(23)25-18-12-6-15(7-13-18)19(21)22/h2,6-13H,1,3-5,14H2,(H,21,22). The van der Waals surface area contributed by atoms with Crippen molar-refractivity contribution in [2.45, 2.75) is 19.3 Å². The molecule has 0 radical (unpaired) electrons. The number of carbonyl (C=O) groups excluding carboxylic acids is 1. The topological polar surface area (TPSA) is 72.8 Å². The van der Waals surface area contributed by atoms with Gasteiger partial charge in [0.15, 0.2) is 0 Å². The van der Waals surface area contributed by atoms with E-state index in [-0.39, 0.29) is 11.3 Å². The third-order valence-electron chi connectivity index (χ3n) is 3.47. The Morgan fingerprint density at radius 3 is 2.12 bits per heavy atom. The van der Waals surface area contributed by atoms with Gasteiger partial charge >= 0.3 is 11.9 Å². The number of benzene rings is 2. The summed E-state index contributed by atoms with van der Waals surface area (Å²) in [5.41, 5.74) is 0.524. The van der Waals surface area contributed by atoms with Gasteiger partial charge in [0, 0.05) is 0 Å². The van der Waals surface area contributed by atoms with E-state index in [1.807, 2.05) is 6.08 Å². The van der Waals surface area contributed by atoms with Crippen molar-refractivity contribution in [2.75, 3.05) is 6.61 Å². The van der Waals surface area contributed by atoms with Crippen LogP contribution in [0.5, 0.6) is 11.5 Å². The number of ether oxygens (including phenoxy) is 2. The molecule has 2 rings (SSSR count). The highest BCUT2D eigenvalue weighted by Gasteiger charge is 2.10. The van der Waals surface area contributed by atoms with Crippen molar-refractivity contribution in [1.29, 1.82) is 0 Å². The molecule has 0 atom stereocenters. The predicted molar refractivity (Wildman–Crippen MR) is 94.3 cm³/mol. The lowest BCUT2D eigenvalue weighted by atomic mass is 10.2. The number of carbonyl (C=O) groups is 2. The van der Waals surface area contributed by atoms with Crippen molar-refractivity contribution >= 4 is 11.9 Å². The van der Waals surface area contributed by atoms with E-state index in [4.69, 9.17) is 14.6 Å². The minimum Gasteiger partial charge on any atom is -0.494 e. The maximum atomic E-state index is 12.1. The van der Waals surface area contributed by atoms with Crippen LogP contribution in [-0.4, -0.2) is 23.7 Å². The Labute approximate surface area is 146 Å². The lowest BCUT2D eigenvalue weighted by Gasteiger charge is -2.07. The number of carboxylic acid groups (broad SMARTS) is 1. The molecule has 25 heavy (non-hydrogen) atoms. The maximum absolute atomic E-state index is 12.1. The van der Waals surface area contributed by atoms with Crippen LogP contribution in [-0.2, 0) is 0 Å². The van der Waals surface area contributed by atoms with E-state index in [9.17, 15) is 9.59 Å². The van der Waals surface area contributed by atoms with Crippen molar-refractivity contribution in [3.63, 3.8) is 0 Å². The zero-order valence-electron chi connectivity index (χ0n) is 13.8. The number of hydrogen-bond donors (Lipinski definition) is 1. The summed E-state index contributed by atoms with van der Waals surface area (Å²) in [6.45, 7) is 4.29. The number of aromatic carboxylic acids is 1. The molecule has 1 N–H and O–H groups in total. The predicted octanol–water partition coefficient (Wildman–Crippen LogP) is 4.34. The first-order chi connectivity index (χ1) is 12.1. The van der Waals surface area contributed by atoms with E-state index < -0.39 is 11.9 Å². The number of hydrogen-bond acceptors (Lipinski definition) is 4. The Morgan fingerprint density at radius 2 is 1.52 bits per heavy atom. The van der Waals surface area contributed by atoms with Crippen molar-refractivity contribution in [2.24, 2.45) is 0 Å². The highest BCUT2D eigenvalue weighted by molar-refractivity contribution is 5.91. The molecule has 0 aliphatic carbocycles. The molecule has 0 aromatic heterocycles. The van der Waals surface area contributed by atoms with Crippen LogP contribution in [0.15, 0.2) is 61.2 Å². The summed E-state index contributed by atoms with van der Waals surface area (Å²) in [4.78, 5) is 22.9. The Balaban J connectivity index is 1.87. The summed E-state index contributed by atoms with van der Waals surface area (Å²) < 4.78 is 10.8. The molecule has 5 heteroatoms. The van der Waals surface area contributed by atoms with Gasteiger partial charge in [-0.05, 0) is 67.8 Å². The minimum atomic E-state index is -1.03. The monoisotopic (exact) mass is 340 g/mol. The van der Waals surface area contributed by atoms with Crippen LogP contribution in [0.3, 0.4) is 0 Å². The van der Waals surface area contributed by atoms with Crippen molar-refractivity contribution in [3.8, 4) is 11.5 Å². The largest absolute Gasteiger partial charge is 0.494 e. The van der Waals surface area contributed by atoms with Crippen LogP contribution in [0, 0.1) is 0 Å². The van der Waals surface area contributed by atoms with Gasteiger partial charge in [0.05, 0.1) is 17.7 Å². The van der Waals surface area contributed by atoms with Crippen LogP contribution in [0.25, 0.3) is 0 Å². The van der Waals surface area contributed by atoms with Gasteiger partial charge in [-0.2, -0.15) is 0 Å².